The number of aliphatic hydroxyl groups is 1. The smallest absolute Gasteiger partial charge is 0.415 e. The summed E-state index contributed by atoms with van der Waals surface area (Å²) in [5, 5.41) is 17.3. The second-order valence-corrected chi connectivity index (χ2v) is 10.8. The lowest BCUT2D eigenvalue weighted by molar-refractivity contribution is -0.128. The summed E-state index contributed by atoms with van der Waals surface area (Å²) in [5.41, 5.74) is 2.53. The molecule has 10 heteroatoms. The average Bonchev–Trinajstić information content (AvgIpc) is 3.68. The Kier molecular flexibility index (Phi) is 10.2. The first kappa shape index (κ1) is 30.1. The first-order valence-corrected chi connectivity index (χ1v) is 14.6. The van der Waals surface area contributed by atoms with Crippen molar-refractivity contribution in [2.24, 2.45) is 0 Å². The molecular formula is C33H37N3O7. The van der Waals surface area contributed by atoms with Gasteiger partial charge in [0.2, 0.25) is 0 Å². The van der Waals surface area contributed by atoms with E-state index in [1.165, 1.54) is 4.90 Å². The number of hydrogen-bond acceptors (Lipinski definition) is 7. The molecule has 3 amide bonds. The average molecular weight is 588 g/mol. The summed E-state index contributed by atoms with van der Waals surface area (Å²) in [6, 6.07) is 27.0. The molecule has 0 aliphatic carbocycles. The van der Waals surface area contributed by atoms with E-state index in [1.807, 2.05) is 78.9 Å². The van der Waals surface area contributed by atoms with Crippen LogP contribution in [0.25, 0.3) is 0 Å². The number of anilines is 1. The number of benzene rings is 3. The monoisotopic (exact) mass is 587 g/mol. The number of amides is 3. The van der Waals surface area contributed by atoms with Gasteiger partial charge < -0.3 is 30.0 Å². The van der Waals surface area contributed by atoms with Crippen molar-refractivity contribution in [3.8, 4) is 0 Å². The Morgan fingerprint density at radius 3 is 2.16 bits per heavy atom. The molecule has 2 fully saturated rings. The van der Waals surface area contributed by atoms with Crippen molar-refractivity contribution >= 4 is 23.8 Å². The van der Waals surface area contributed by atoms with Gasteiger partial charge >= 0.3 is 12.2 Å². The number of para-hydroxylation sites is 1. The molecule has 5 rings (SSSR count). The SMILES string of the molecule is O=C(N[C@@H](Cc1ccccc1)[C@@H](O)C[C@H](Cc1ccccc1)NC(=O)[C@H]1CN(c2ccccc2)C(=O)O1)O[C@H]1CCOC1. The van der Waals surface area contributed by atoms with Crippen LogP contribution in [0.15, 0.2) is 91.0 Å². The Morgan fingerprint density at radius 1 is 0.907 bits per heavy atom. The lowest BCUT2D eigenvalue weighted by Crippen LogP contribution is -2.50. The van der Waals surface area contributed by atoms with Gasteiger partial charge in [0.05, 0.1) is 31.9 Å². The van der Waals surface area contributed by atoms with Crippen LogP contribution < -0.4 is 15.5 Å². The minimum atomic E-state index is -1.03. The highest BCUT2D eigenvalue weighted by Gasteiger charge is 2.38. The van der Waals surface area contributed by atoms with Crippen molar-refractivity contribution in [1.82, 2.24) is 10.6 Å². The maximum atomic E-state index is 13.4. The Labute approximate surface area is 250 Å². The molecule has 0 saturated carbocycles. The molecule has 0 bridgehead atoms. The maximum absolute atomic E-state index is 13.4. The number of cyclic esters (lactones) is 1. The van der Waals surface area contributed by atoms with Gasteiger partial charge in [-0.1, -0.05) is 78.9 Å². The molecule has 3 aromatic rings. The predicted octanol–water partition coefficient (Wildman–Crippen LogP) is 3.62. The fourth-order valence-corrected chi connectivity index (χ4v) is 5.35. The summed E-state index contributed by atoms with van der Waals surface area (Å²) in [7, 11) is 0. The summed E-state index contributed by atoms with van der Waals surface area (Å²) in [4.78, 5) is 40.2. The van der Waals surface area contributed by atoms with Crippen LogP contribution >= 0.6 is 0 Å². The third-order valence-electron chi connectivity index (χ3n) is 7.60. The first-order chi connectivity index (χ1) is 20.9. The number of rotatable bonds is 12. The van der Waals surface area contributed by atoms with Gasteiger partial charge in [-0.15, -0.1) is 0 Å². The molecule has 0 spiro atoms. The zero-order chi connectivity index (χ0) is 30.0. The van der Waals surface area contributed by atoms with E-state index < -0.39 is 42.4 Å². The standard InChI is InChI=1S/C33H37N3O7/c37-29(28(19-24-12-6-2-7-13-24)35-32(39)42-27-16-17-41-22-27)20-25(18-23-10-4-1-5-11-23)34-31(38)30-21-36(33(40)43-30)26-14-8-3-9-15-26/h1-15,25,27-30,37H,16-22H2,(H,34,38)(H,35,39)/t25-,27-,28-,29-,30+/m0/s1. The van der Waals surface area contributed by atoms with Gasteiger partial charge in [0.1, 0.15) is 6.10 Å². The maximum Gasteiger partial charge on any atom is 0.415 e. The van der Waals surface area contributed by atoms with Crippen LogP contribution in [-0.4, -0.2) is 73.4 Å². The number of hydrogen-bond donors (Lipinski definition) is 3. The zero-order valence-electron chi connectivity index (χ0n) is 23.8. The fraction of sp³-hybridized carbons (Fsp3) is 0.364. The van der Waals surface area contributed by atoms with Gasteiger partial charge in [-0.3, -0.25) is 9.69 Å². The normalized spacial score (nSPS) is 20.1. The van der Waals surface area contributed by atoms with Crippen LogP contribution in [0.4, 0.5) is 15.3 Å². The third-order valence-corrected chi connectivity index (χ3v) is 7.60. The first-order valence-electron chi connectivity index (χ1n) is 14.6. The number of ether oxygens (including phenoxy) is 3. The Balaban J connectivity index is 1.28. The molecule has 43 heavy (non-hydrogen) atoms. The molecule has 3 aromatic carbocycles. The Morgan fingerprint density at radius 2 is 1.53 bits per heavy atom. The number of nitrogens with one attached hydrogen (secondary N) is 2. The summed E-state index contributed by atoms with van der Waals surface area (Å²) in [6.45, 7) is 0.955. The molecule has 2 aliphatic rings. The van der Waals surface area contributed by atoms with Crippen molar-refractivity contribution in [2.75, 3.05) is 24.7 Å². The van der Waals surface area contributed by atoms with Crippen LogP contribution in [0.3, 0.4) is 0 Å². The van der Waals surface area contributed by atoms with Crippen molar-refractivity contribution in [2.45, 2.75) is 56.1 Å². The zero-order valence-corrected chi connectivity index (χ0v) is 23.8. The van der Waals surface area contributed by atoms with Crippen LogP contribution in [0, 0.1) is 0 Å². The van der Waals surface area contributed by atoms with E-state index >= 15 is 0 Å². The molecule has 226 valence electrons. The fourth-order valence-electron chi connectivity index (χ4n) is 5.35. The largest absolute Gasteiger partial charge is 0.444 e. The van der Waals surface area contributed by atoms with E-state index in [9.17, 15) is 19.5 Å². The number of aliphatic hydroxyl groups excluding tert-OH is 1. The molecule has 0 aromatic heterocycles. The highest BCUT2D eigenvalue weighted by molar-refractivity contribution is 5.95. The van der Waals surface area contributed by atoms with Gasteiger partial charge in [0, 0.05) is 18.2 Å². The number of carbonyl (C=O) groups is 3. The quantitative estimate of drug-likeness (QED) is 0.296. The summed E-state index contributed by atoms with van der Waals surface area (Å²) < 4.78 is 16.2. The van der Waals surface area contributed by atoms with E-state index in [2.05, 4.69) is 10.6 Å². The van der Waals surface area contributed by atoms with Crippen molar-refractivity contribution in [3.05, 3.63) is 102 Å². The second-order valence-electron chi connectivity index (χ2n) is 10.8. The van der Waals surface area contributed by atoms with Crippen molar-refractivity contribution in [3.63, 3.8) is 0 Å². The Bertz CT molecular complexity index is 1340. The number of alkyl carbamates (subject to hydrolysis) is 1. The van der Waals surface area contributed by atoms with Gasteiger partial charge in [-0.2, -0.15) is 0 Å². The summed E-state index contributed by atoms with van der Waals surface area (Å²) in [5.74, 6) is -0.451. The second kappa shape index (κ2) is 14.7. The van der Waals surface area contributed by atoms with Crippen LogP contribution in [0.2, 0.25) is 0 Å². The van der Waals surface area contributed by atoms with Crippen LogP contribution in [0.5, 0.6) is 0 Å². The molecule has 2 saturated heterocycles. The highest BCUT2D eigenvalue weighted by atomic mass is 16.6. The van der Waals surface area contributed by atoms with E-state index in [0.29, 0.717) is 38.2 Å². The third kappa shape index (κ3) is 8.56. The molecule has 0 unspecified atom stereocenters. The molecule has 5 atom stereocenters. The van der Waals surface area contributed by atoms with Gasteiger partial charge in [-0.05, 0) is 42.5 Å². The summed E-state index contributed by atoms with van der Waals surface area (Å²) >= 11 is 0. The molecular weight excluding hydrogens is 550 g/mol. The van der Waals surface area contributed by atoms with Crippen LogP contribution in [-0.2, 0) is 31.8 Å². The number of nitrogens with zero attached hydrogens (tertiary/aromatic N) is 1. The minimum absolute atomic E-state index is 0.0736. The summed E-state index contributed by atoms with van der Waals surface area (Å²) in [6.07, 6.45) is -2.05. The lowest BCUT2D eigenvalue weighted by atomic mass is 9.93. The van der Waals surface area contributed by atoms with E-state index in [-0.39, 0.29) is 19.1 Å². The topological polar surface area (TPSA) is 126 Å². The molecule has 10 nitrogen and oxygen atoms in total. The van der Waals surface area contributed by atoms with Gasteiger partial charge in [0.25, 0.3) is 5.91 Å². The Hall–Kier alpha value is -4.41. The molecule has 2 heterocycles. The van der Waals surface area contributed by atoms with E-state index in [1.54, 1.807) is 12.1 Å². The number of carbonyl (C=O) groups excluding carboxylic acids is 3. The lowest BCUT2D eigenvalue weighted by Gasteiger charge is -2.29. The van der Waals surface area contributed by atoms with Crippen molar-refractivity contribution < 1.29 is 33.7 Å². The van der Waals surface area contributed by atoms with Crippen molar-refractivity contribution in [1.29, 1.82) is 0 Å². The van der Waals surface area contributed by atoms with E-state index in [4.69, 9.17) is 14.2 Å². The van der Waals surface area contributed by atoms with Gasteiger partial charge in [-0.25, -0.2) is 9.59 Å². The minimum Gasteiger partial charge on any atom is -0.444 e. The van der Waals surface area contributed by atoms with Gasteiger partial charge in [0.15, 0.2) is 6.10 Å². The molecule has 0 radical (unpaired) electrons. The molecule has 3 N–H and O–H groups in total. The highest BCUT2D eigenvalue weighted by Crippen LogP contribution is 2.22. The molecule has 2 aliphatic heterocycles. The predicted molar refractivity (Wildman–Crippen MR) is 160 cm³/mol. The van der Waals surface area contributed by atoms with Crippen LogP contribution in [0.1, 0.15) is 24.0 Å². The van der Waals surface area contributed by atoms with E-state index in [0.717, 1.165) is 11.1 Å².